The Balaban J connectivity index is 1.85. The van der Waals surface area contributed by atoms with Gasteiger partial charge in [0.15, 0.2) is 0 Å². The van der Waals surface area contributed by atoms with Crippen LogP contribution in [0.1, 0.15) is 36.9 Å². The summed E-state index contributed by atoms with van der Waals surface area (Å²) >= 11 is 0. The van der Waals surface area contributed by atoms with Crippen molar-refractivity contribution >= 4 is 0 Å². The molecule has 16 heavy (non-hydrogen) atoms. The molecule has 1 aliphatic heterocycles. The average molecular weight is 219 g/mol. The Morgan fingerprint density at radius 1 is 1.50 bits per heavy atom. The van der Waals surface area contributed by atoms with Crippen molar-refractivity contribution in [2.75, 3.05) is 13.2 Å². The molecule has 2 heteroatoms. The molecule has 0 aliphatic carbocycles. The van der Waals surface area contributed by atoms with Gasteiger partial charge in [0.2, 0.25) is 0 Å². The summed E-state index contributed by atoms with van der Waals surface area (Å²) in [5, 5.41) is 3.54. The van der Waals surface area contributed by atoms with Gasteiger partial charge in [-0.1, -0.05) is 29.8 Å². The second-order valence-corrected chi connectivity index (χ2v) is 4.68. The largest absolute Gasteiger partial charge is 0.377 e. The smallest absolute Gasteiger partial charge is 0.0700 e. The van der Waals surface area contributed by atoms with Crippen LogP contribution in [-0.4, -0.2) is 19.3 Å². The summed E-state index contributed by atoms with van der Waals surface area (Å²) in [6.45, 7) is 6.25. The predicted octanol–water partition coefficient (Wildman–Crippen LogP) is 2.82. The second-order valence-electron chi connectivity index (χ2n) is 4.68. The lowest BCUT2D eigenvalue weighted by molar-refractivity contribution is 0.108. The van der Waals surface area contributed by atoms with Crippen molar-refractivity contribution in [2.24, 2.45) is 0 Å². The highest BCUT2D eigenvalue weighted by atomic mass is 16.5. The minimum atomic E-state index is 0.407. The Hall–Kier alpha value is -0.860. The first kappa shape index (κ1) is 11.6. The molecule has 88 valence electrons. The summed E-state index contributed by atoms with van der Waals surface area (Å²) in [4.78, 5) is 0. The van der Waals surface area contributed by atoms with Gasteiger partial charge in [0.1, 0.15) is 0 Å². The van der Waals surface area contributed by atoms with Crippen LogP contribution in [0.25, 0.3) is 0 Å². The molecule has 2 nitrogen and oxygen atoms in total. The third kappa shape index (κ3) is 3.06. The average Bonchev–Trinajstić information content (AvgIpc) is 2.78. The topological polar surface area (TPSA) is 21.3 Å². The van der Waals surface area contributed by atoms with Crippen LogP contribution in [0.15, 0.2) is 24.3 Å². The van der Waals surface area contributed by atoms with Crippen LogP contribution in [0.4, 0.5) is 0 Å². The van der Waals surface area contributed by atoms with E-state index in [0.717, 1.165) is 13.2 Å². The van der Waals surface area contributed by atoms with Crippen molar-refractivity contribution < 1.29 is 4.74 Å². The highest BCUT2D eigenvalue weighted by Gasteiger charge is 2.16. The summed E-state index contributed by atoms with van der Waals surface area (Å²) in [5.41, 5.74) is 2.68. The molecule has 0 spiro atoms. The lowest BCUT2D eigenvalue weighted by atomic mass is 10.1. The number of rotatable bonds is 4. The molecule has 1 aromatic carbocycles. The van der Waals surface area contributed by atoms with Gasteiger partial charge in [-0.25, -0.2) is 0 Å². The van der Waals surface area contributed by atoms with Gasteiger partial charge in [-0.05, 0) is 32.3 Å². The molecule has 2 atom stereocenters. The molecule has 1 N–H and O–H groups in total. The van der Waals surface area contributed by atoms with Gasteiger partial charge in [-0.2, -0.15) is 0 Å². The van der Waals surface area contributed by atoms with Crippen LogP contribution >= 0.6 is 0 Å². The summed E-state index contributed by atoms with van der Waals surface area (Å²) < 4.78 is 5.60. The third-order valence-corrected chi connectivity index (χ3v) is 3.22. The van der Waals surface area contributed by atoms with E-state index in [1.54, 1.807) is 0 Å². The maximum absolute atomic E-state index is 5.60. The number of aryl methyl sites for hydroxylation is 1. The summed E-state index contributed by atoms with van der Waals surface area (Å²) in [7, 11) is 0. The molecule has 1 fully saturated rings. The molecule has 1 aliphatic rings. The maximum atomic E-state index is 5.60. The van der Waals surface area contributed by atoms with Crippen molar-refractivity contribution in [2.45, 2.75) is 38.8 Å². The monoisotopic (exact) mass is 219 g/mol. The van der Waals surface area contributed by atoms with Crippen molar-refractivity contribution in [3.63, 3.8) is 0 Å². The molecule has 1 unspecified atom stereocenters. The zero-order chi connectivity index (χ0) is 11.4. The van der Waals surface area contributed by atoms with Crippen LogP contribution in [0.5, 0.6) is 0 Å². The minimum absolute atomic E-state index is 0.407. The van der Waals surface area contributed by atoms with E-state index in [2.05, 4.69) is 43.4 Å². The first-order valence-electron chi connectivity index (χ1n) is 6.17. The Morgan fingerprint density at radius 2 is 2.38 bits per heavy atom. The molecule has 0 bridgehead atoms. The zero-order valence-electron chi connectivity index (χ0n) is 10.2. The van der Waals surface area contributed by atoms with Gasteiger partial charge in [-0.3, -0.25) is 0 Å². The summed E-state index contributed by atoms with van der Waals surface area (Å²) in [6, 6.07) is 9.09. The molecule has 1 aromatic rings. The predicted molar refractivity (Wildman–Crippen MR) is 66.6 cm³/mol. The SMILES string of the molecule is Cc1cccc([C@H](C)NCC2CCCO2)c1. The molecule has 0 amide bonds. The highest BCUT2D eigenvalue weighted by Crippen LogP contribution is 2.16. The Bertz CT molecular complexity index is 331. The minimum Gasteiger partial charge on any atom is -0.377 e. The van der Waals surface area contributed by atoms with Crippen LogP contribution in [-0.2, 0) is 4.74 Å². The number of ether oxygens (including phenoxy) is 1. The third-order valence-electron chi connectivity index (χ3n) is 3.22. The lowest BCUT2D eigenvalue weighted by Gasteiger charge is -2.17. The van der Waals surface area contributed by atoms with E-state index in [4.69, 9.17) is 4.74 Å². The summed E-state index contributed by atoms with van der Waals surface area (Å²) in [5.74, 6) is 0. The molecule has 1 saturated heterocycles. The Morgan fingerprint density at radius 3 is 3.06 bits per heavy atom. The van der Waals surface area contributed by atoms with E-state index in [9.17, 15) is 0 Å². The summed E-state index contributed by atoms with van der Waals surface area (Å²) in [6.07, 6.45) is 2.84. The fraction of sp³-hybridized carbons (Fsp3) is 0.571. The lowest BCUT2D eigenvalue weighted by Crippen LogP contribution is -2.28. The normalized spacial score (nSPS) is 22.2. The highest BCUT2D eigenvalue weighted by molar-refractivity contribution is 5.24. The van der Waals surface area contributed by atoms with Crippen molar-refractivity contribution in [3.8, 4) is 0 Å². The molecule has 0 saturated carbocycles. The van der Waals surface area contributed by atoms with E-state index in [1.807, 2.05) is 0 Å². The number of nitrogens with one attached hydrogen (secondary N) is 1. The standard InChI is InChI=1S/C14H21NO/c1-11-5-3-6-13(9-11)12(2)15-10-14-7-4-8-16-14/h3,5-6,9,12,14-15H,4,7-8,10H2,1-2H3/t12-,14?/m0/s1. The van der Waals surface area contributed by atoms with E-state index in [1.165, 1.54) is 24.0 Å². The quantitative estimate of drug-likeness (QED) is 0.840. The fourth-order valence-corrected chi connectivity index (χ4v) is 2.17. The van der Waals surface area contributed by atoms with Crippen molar-refractivity contribution in [1.29, 1.82) is 0 Å². The van der Waals surface area contributed by atoms with E-state index in [-0.39, 0.29) is 0 Å². The zero-order valence-corrected chi connectivity index (χ0v) is 10.2. The van der Waals surface area contributed by atoms with Crippen molar-refractivity contribution in [3.05, 3.63) is 35.4 Å². The molecular formula is C14H21NO. The first-order chi connectivity index (χ1) is 7.75. The van der Waals surface area contributed by atoms with Gasteiger partial charge < -0.3 is 10.1 Å². The first-order valence-corrected chi connectivity index (χ1v) is 6.17. The van der Waals surface area contributed by atoms with Gasteiger partial charge in [-0.15, -0.1) is 0 Å². The van der Waals surface area contributed by atoms with E-state index < -0.39 is 0 Å². The molecule has 0 aromatic heterocycles. The van der Waals surface area contributed by atoms with E-state index >= 15 is 0 Å². The Labute approximate surface area is 98.0 Å². The van der Waals surface area contributed by atoms with Crippen molar-refractivity contribution in [1.82, 2.24) is 5.32 Å². The van der Waals surface area contributed by atoms with Crippen LogP contribution in [0.2, 0.25) is 0 Å². The fourth-order valence-electron chi connectivity index (χ4n) is 2.17. The maximum Gasteiger partial charge on any atom is 0.0700 e. The number of hydrogen-bond acceptors (Lipinski definition) is 2. The number of benzene rings is 1. The second kappa shape index (κ2) is 5.46. The molecular weight excluding hydrogens is 198 g/mol. The Kier molecular flexibility index (Phi) is 3.97. The van der Waals surface area contributed by atoms with Gasteiger partial charge in [0.05, 0.1) is 6.10 Å². The van der Waals surface area contributed by atoms with Gasteiger partial charge in [0, 0.05) is 19.2 Å². The molecule has 0 radical (unpaired) electrons. The molecule has 2 rings (SSSR count). The number of hydrogen-bond donors (Lipinski definition) is 1. The van der Waals surface area contributed by atoms with Crippen LogP contribution in [0.3, 0.4) is 0 Å². The van der Waals surface area contributed by atoms with E-state index in [0.29, 0.717) is 12.1 Å². The van der Waals surface area contributed by atoms with Gasteiger partial charge in [0.25, 0.3) is 0 Å². The van der Waals surface area contributed by atoms with Crippen LogP contribution < -0.4 is 5.32 Å². The van der Waals surface area contributed by atoms with Gasteiger partial charge >= 0.3 is 0 Å². The van der Waals surface area contributed by atoms with Crippen LogP contribution in [0, 0.1) is 6.92 Å². The molecule has 1 heterocycles.